The van der Waals surface area contributed by atoms with Crippen molar-refractivity contribution in [1.82, 2.24) is 0 Å². The molecule has 2 nitrogen and oxygen atoms in total. The van der Waals surface area contributed by atoms with E-state index in [1.807, 2.05) is 6.07 Å². The molecular weight excluding hydrogens is 224 g/mol. The Hall–Kier alpha value is -0.860. The molecule has 1 fully saturated rings. The second-order valence-corrected chi connectivity index (χ2v) is 5.40. The van der Waals surface area contributed by atoms with Crippen molar-refractivity contribution in [2.45, 2.75) is 38.7 Å². The maximum Gasteiger partial charge on any atom is 0.0716 e. The van der Waals surface area contributed by atoms with Gasteiger partial charge in [0.2, 0.25) is 0 Å². The molecule has 0 amide bonds. The third-order valence-corrected chi connectivity index (χ3v) is 4.01. The van der Waals surface area contributed by atoms with Crippen LogP contribution in [0.1, 0.15) is 37.7 Å². The second kappa shape index (κ2) is 7.55. The molecule has 2 rings (SSSR count). The van der Waals surface area contributed by atoms with Crippen LogP contribution in [0.5, 0.6) is 0 Å². The SMILES string of the molecule is OCC1CCC(CCOCc2ccccc2)CC1. The zero-order valence-corrected chi connectivity index (χ0v) is 11.1. The van der Waals surface area contributed by atoms with Gasteiger partial charge in [0.15, 0.2) is 0 Å². The normalized spacial score (nSPS) is 24.1. The first-order valence-corrected chi connectivity index (χ1v) is 7.11. The molecule has 0 aliphatic heterocycles. The van der Waals surface area contributed by atoms with Crippen LogP contribution in [0.15, 0.2) is 30.3 Å². The van der Waals surface area contributed by atoms with E-state index in [0.717, 1.165) is 19.1 Å². The number of aliphatic hydroxyl groups excluding tert-OH is 1. The summed E-state index contributed by atoms with van der Waals surface area (Å²) >= 11 is 0. The molecule has 100 valence electrons. The quantitative estimate of drug-likeness (QED) is 0.782. The van der Waals surface area contributed by atoms with Crippen molar-refractivity contribution in [3.05, 3.63) is 35.9 Å². The largest absolute Gasteiger partial charge is 0.396 e. The van der Waals surface area contributed by atoms with E-state index in [-0.39, 0.29) is 0 Å². The molecule has 0 spiro atoms. The van der Waals surface area contributed by atoms with Gasteiger partial charge in [0.25, 0.3) is 0 Å². The highest BCUT2D eigenvalue weighted by Crippen LogP contribution is 2.30. The van der Waals surface area contributed by atoms with Crippen molar-refractivity contribution >= 4 is 0 Å². The molecule has 0 unspecified atom stereocenters. The third kappa shape index (κ3) is 4.43. The Balaban J connectivity index is 1.56. The molecule has 1 aliphatic rings. The molecule has 0 bridgehead atoms. The smallest absolute Gasteiger partial charge is 0.0716 e. The molecular formula is C16H24O2. The van der Waals surface area contributed by atoms with Crippen molar-refractivity contribution in [3.63, 3.8) is 0 Å². The first-order valence-electron chi connectivity index (χ1n) is 7.11. The molecule has 1 aromatic carbocycles. The maximum absolute atomic E-state index is 9.09. The zero-order valence-electron chi connectivity index (χ0n) is 11.1. The Morgan fingerprint density at radius 3 is 2.33 bits per heavy atom. The Morgan fingerprint density at radius 1 is 1.00 bits per heavy atom. The van der Waals surface area contributed by atoms with Gasteiger partial charge in [-0.25, -0.2) is 0 Å². The topological polar surface area (TPSA) is 29.5 Å². The van der Waals surface area contributed by atoms with Gasteiger partial charge in [0, 0.05) is 13.2 Å². The molecule has 0 aromatic heterocycles. The Bertz CT molecular complexity index is 315. The monoisotopic (exact) mass is 248 g/mol. The van der Waals surface area contributed by atoms with Gasteiger partial charge in [-0.1, -0.05) is 43.2 Å². The van der Waals surface area contributed by atoms with Gasteiger partial charge >= 0.3 is 0 Å². The van der Waals surface area contributed by atoms with E-state index in [2.05, 4.69) is 24.3 Å². The van der Waals surface area contributed by atoms with E-state index in [4.69, 9.17) is 9.84 Å². The summed E-state index contributed by atoms with van der Waals surface area (Å²) in [6, 6.07) is 10.3. The van der Waals surface area contributed by atoms with E-state index in [1.54, 1.807) is 0 Å². The highest BCUT2D eigenvalue weighted by Gasteiger charge is 2.20. The molecule has 1 aliphatic carbocycles. The number of aliphatic hydroxyl groups is 1. The summed E-state index contributed by atoms with van der Waals surface area (Å²) in [6.45, 7) is 1.97. The lowest BCUT2D eigenvalue weighted by molar-refractivity contribution is 0.0926. The van der Waals surface area contributed by atoms with Crippen LogP contribution >= 0.6 is 0 Å². The summed E-state index contributed by atoms with van der Waals surface area (Å²) in [5.74, 6) is 1.37. The number of hydrogen-bond donors (Lipinski definition) is 1. The van der Waals surface area contributed by atoms with Gasteiger partial charge in [-0.05, 0) is 36.7 Å². The fraction of sp³-hybridized carbons (Fsp3) is 0.625. The summed E-state index contributed by atoms with van der Waals surface area (Å²) < 4.78 is 5.73. The number of benzene rings is 1. The highest BCUT2D eigenvalue weighted by atomic mass is 16.5. The van der Waals surface area contributed by atoms with Crippen molar-refractivity contribution in [2.24, 2.45) is 11.8 Å². The predicted octanol–water partition coefficient (Wildman–Crippen LogP) is 3.39. The number of ether oxygens (including phenoxy) is 1. The van der Waals surface area contributed by atoms with E-state index in [9.17, 15) is 0 Å². The highest BCUT2D eigenvalue weighted by molar-refractivity contribution is 5.13. The van der Waals surface area contributed by atoms with E-state index >= 15 is 0 Å². The molecule has 0 atom stereocenters. The van der Waals surface area contributed by atoms with Crippen molar-refractivity contribution < 1.29 is 9.84 Å². The standard InChI is InChI=1S/C16H24O2/c17-12-15-8-6-14(7-9-15)10-11-18-13-16-4-2-1-3-5-16/h1-5,14-15,17H,6-13H2. The van der Waals surface area contributed by atoms with E-state index < -0.39 is 0 Å². The molecule has 18 heavy (non-hydrogen) atoms. The average molecular weight is 248 g/mol. The van der Waals surface area contributed by atoms with Gasteiger partial charge in [0.1, 0.15) is 0 Å². The molecule has 1 saturated carbocycles. The van der Waals surface area contributed by atoms with Crippen LogP contribution in [0.25, 0.3) is 0 Å². The van der Waals surface area contributed by atoms with Crippen LogP contribution in [0.2, 0.25) is 0 Å². The number of rotatable bonds is 6. The van der Waals surface area contributed by atoms with Crippen LogP contribution in [-0.2, 0) is 11.3 Å². The fourth-order valence-corrected chi connectivity index (χ4v) is 2.72. The molecule has 0 heterocycles. The summed E-state index contributed by atoms with van der Waals surface area (Å²) in [4.78, 5) is 0. The summed E-state index contributed by atoms with van der Waals surface area (Å²) in [5, 5.41) is 9.09. The fourth-order valence-electron chi connectivity index (χ4n) is 2.72. The zero-order chi connectivity index (χ0) is 12.6. The summed E-state index contributed by atoms with van der Waals surface area (Å²) in [7, 11) is 0. The minimum atomic E-state index is 0.372. The summed E-state index contributed by atoms with van der Waals surface area (Å²) in [5.41, 5.74) is 1.25. The summed E-state index contributed by atoms with van der Waals surface area (Å²) in [6.07, 6.45) is 6.09. The molecule has 2 heteroatoms. The van der Waals surface area contributed by atoms with E-state index in [0.29, 0.717) is 12.5 Å². The van der Waals surface area contributed by atoms with Crippen LogP contribution in [0.4, 0.5) is 0 Å². The van der Waals surface area contributed by atoms with Crippen LogP contribution in [0, 0.1) is 11.8 Å². The number of hydrogen-bond acceptors (Lipinski definition) is 2. The van der Waals surface area contributed by atoms with Gasteiger partial charge in [0.05, 0.1) is 6.61 Å². The van der Waals surface area contributed by atoms with Crippen molar-refractivity contribution in [2.75, 3.05) is 13.2 Å². The molecule has 1 aromatic rings. The predicted molar refractivity (Wildman–Crippen MR) is 73.2 cm³/mol. The van der Waals surface area contributed by atoms with Crippen LogP contribution < -0.4 is 0 Å². The first kappa shape index (κ1) is 13.6. The van der Waals surface area contributed by atoms with Crippen molar-refractivity contribution in [1.29, 1.82) is 0 Å². The molecule has 0 saturated heterocycles. The Morgan fingerprint density at radius 2 is 1.67 bits per heavy atom. The lowest BCUT2D eigenvalue weighted by Crippen LogP contribution is -2.18. The minimum Gasteiger partial charge on any atom is -0.396 e. The van der Waals surface area contributed by atoms with Gasteiger partial charge in [-0.15, -0.1) is 0 Å². The minimum absolute atomic E-state index is 0.372. The van der Waals surface area contributed by atoms with Crippen molar-refractivity contribution in [3.8, 4) is 0 Å². The molecule has 0 radical (unpaired) electrons. The average Bonchev–Trinajstić information content (AvgIpc) is 2.45. The maximum atomic E-state index is 9.09. The van der Waals surface area contributed by atoms with Gasteiger partial charge in [-0.3, -0.25) is 0 Å². The lowest BCUT2D eigenvalue weighted by atomic mass is 9.81. The van der Waals surface area contributed by atoms with E-state index in [1.165, 1.54) is 37.7 Å². The first-order chi connectivity index (χ1) is 8.88. The Labute approximate surface area is 110 Å². The van der Waals surface area contributed by atoms with Crippen LogP contribution in [-0.4, -0.2) is 18.3 Å². The lowest BCUT2D eigenvalue weighted by Gasteiger charge is -2.27. The second-order valence-electron chi connectivity index (χ2n) is 5.40. The third-order valence-electron chi connectivity index (χ3n) is 4.01. The van der Waals surface area contributed by atoms with Crippen LogP contribution in [0.3, 0.4) is 0 Å². The van der Waals surface area contributed by atoms with Gasteiger partial charge in [-0.2, -0.15) is 0 Å². The Kier molecular flexibility index (Phi) is 5.69. The molecule has 1 N–H and O–H groups in total. The van der Waals surface area contributed by atoms with Gasteiger partial charge < -0.3 is 9.84 Å².